The monoisotopic (exact) mass is 281 g/mol. The fourth-order valence-electron chi connectivity index (χ4n) is 3.40. The van der Waals surface area contributed by atoms with E-state index in [0.717, 1.165) is 32.4 Å². The third-order valence-corrected chi connectivity index (χ3v) is 4.45. The molecular weight excluding hydrogens is 258 g/mol. The Morgan fingerprint density at radius 3 is 3.20 bits per heavy atom. The van der Waals surface area contributed by atoms with Crippen LogP contribution >= 0.6 is 0 Å². The first kappa shape index (κ1) is 15.1. The number of ether oxygens (including phenoxy) is 1. The summed E-state index contributed by atoms with van der Waals surface area (Å²) in [6.07, 6.45) is 4.73. The van der Waals surface area contributed by atoms with Gasteiger partial charge in [0.15, 0.2) is 0 Å². The predicted octanol–water partition coefficient (Wildman–Crippen LogP) is 1.45. The van der Waals surface area contributed by atoms with Gasteiger partial charge in [0.05, 0.1) is 7.11 Å². The Balaban J connectivity index is 1.95. The number of nitrogens with one attached hydrogen (secondary N) is 1. The number of carbonyl (C=O) groups excluding carboxylic acids is 1. The van der Waals surface area contributed by atoms with Crippen LogP contribution in [0.15, 0.2) is 5.11 Å². The van der Waals surface area contributed by atoms with Gasteiger partial charge in [0.25, 0.3) is 0 Å². The standard InChI is InChI=1S/C13H23N5O2/c1-20-12(19)13(15-6-3-7-16-17-14)5-9-18-8-2-4-11(18)10-13/h11,15H,2-10H2,1H3. The van der Waals surface area contributed by atoms with Crippen LogP contribution in [0.4, 0.5) is 0 Å². The van der Waals surface area contributed by atoms with E-state index in [-0.39, 0.29) is 5.97 Å². The molecule has 2 unspecified atom stereocenters. The average molecular weight is 281 g/mol. The van der Waals surface area contributed by atoms with Crippen LogP contribution in [0.3, 0.4) is 0 Å². The van der Waals surface area contributed by atoms with Gasteiger partial charge in [0.1, 0.15) is 5.54 Å². The van der Waals surface area contributed by atoms with Gasteiger partial charge in [0.2, 0.25) is 0 Å². The van der Waals surface area contributed by atoms with Crippen LogP contribution in [-0.2, 0) is 9.53 Å². The maximum atomic E-state index is 12.2. The topological polar surface area (TPSA) is 90.3 Å². The molecule has 20 heavy (non-hydrogen) atoms. The van der Waals surface area contributed by atoms with Crippen LogP contribution in [0.25, 0.3) is 10.4 Å². The van der Waals surface area contributed by atoms with Gasteiger partial charge in [-0.05, 0) is 50.7 Å². The highest BCUT2D eigenvalue weighted by atomic mass is 16.5. The smallest absolute Gasteiger partial charge is 0.326 e. The molecule has 2 saturated heterocycles. The van der Waals surface area contributed by atoms with Crippen molar-refractivity contribution < 1.29 is 9.53 Å². The van der Waals surface area contributed by atoms with Crippen molar-refractivity contribution in [2.24, 2.45) is 5.11 Å². The zero-order valence-electron chi connectivity index (χ0n) is 12.0. The summed E-state index contributed by atoms with van der Waals surface area (Å²) >= 11 is 0. The second-order valence-electron chi connectivity index (χ2n) is 5.59. The minimum Gasteiger partial charge on any atom is -0.468 e. The van der Waals surface area contributed by atoms with Gasteiger partial charge in [-0.2, -0.15) is 0 Å². The van der Waals surface area contributed by atoms with Gasteiger partial charge in [0, 0.05) is 24.0 Å². The molecule has 0 aromatic carbocycles. The fourth-order valence-corrected chi connectivity index (χ4v) is 3.40. The molecule has 112 valence electrons. The number of methoxy groups -OCH3 is 1. The Morgan fingerprint density at radius 2 is 2.45 bits per heavy atom. The molecule has 7 heteroatoms. The molecule has 2 rings (SSSR count). The lowest BCUT2D eigenvalue weighted by atomic mass is 9.83. The van der Waals surface area contributed by atoms with Gasteiger partial charge >= 0.3 is 5.97 Å². The summed E-state index contributed by atoms with van der Waals surface area (Å²) in [5.41, 5.74) is 7.69. The van der Waals surface area contributed by atoms with Gasteiger partial charge < -0.3 is 15.0 Å². The molecule has 0 bridgehead atoms. The molecule has 2 aliphatic heterocycles. The molecular formula is C13H23N5O2. The van der Waals surface area contributed by atoms with Crippen molar-refractivity contribution >= 4 is 5.97 Å². The van der Waals surface area contributed by atoms with Crippen LogP contribution in [0.5, 0.6) is 0 Å². The molecule has 2 aliphatic rings. The zero-order valence-corrected chi connectivity index (χ0v) is 12.0. The summed E-state index contributed by atoms with van der Waals surface area (Å²) in [5.74, 6) is -0.159. The van der Waals surface area contributed by atoms with Crippen LogP contribution in [0.2, 0.25) is 0 Å². The van der Waals surface area contributed by atoms with Gasteiger partial charge in [-0.1, -0.05) is 5.11 Å². The number of fused-ring (bicyclic) bond motifs is 1. The molecule has 2 atom stereocenters. The first-order valence-electron chi connectivity index (χ1n) is 7.30. The number of hydrogen-bond acceptors (Lipinski definition) is 5. The summed E-state index contributed by atoms with van der Waals surface area (Å²) in [5, 5.41) is 6.88. The molecule has 0 aromatic heterocycles. The molecule has 0 radical (unpaired) electrons. The van der Waals surface area contributed by atoms with Crippen molar-refractivity contribution in [3.63, 3.8) is 0 Å². The van der Waals surface area contributed by atoms with Crippen molar-refractivity contribution in [2.45, 2.75) is 43.7 Å². The van der Waals surface area contributed by atoms with E-state index in [1.807, 2.05) is 0 Å². The molecule has 7 nitrogen and oxygen atoms in total. The summed E-state index contributed by atoms with van der Waals surface area (Å²) in [6, 6.07) is 0.493. The molecule has 2 heterocycles. The quantitative estimate of drug-likeness (QED) is 0.262. The molecule has 0 amide bonds. The summed E-state index contributed by atoms with van der Waals surface area (Å²) < 4.78 is 5.02. The Labute approximate surface area is 119 Å². The molecule has 0 saturated carbocycles. The Morgan fingerprint density at radius 1 is 1.60 bits per heavy atom. The SMILES string of the molecule is COC(=O)C1(NCCCN=[N+]=[N-])CCN2CCCC2C1. The van der Waals surface area contributed by atoms with Crippen molar-refractivity contribution in [2.75, 3.05) is 33.3 Å². The second-order valence-corrected chi connectivity index (χ2v) is 5.59. The van der Waals surface area contributed by atoms with Gasteiger partial charge in [-0.25, -0.2) is 0 Å². The first-order valence-corrected chi connectivity index (χ1v) is 7.30. The van der Waals surface area contributed by atoms with Crippen LogP contribution < -0.4 is 5.32 Å². The first-order chi connectivity index (χ1) is 9.72. The number of azide groups is 1. The van der Waals surface area contributed by atoms with Gasteiger partial charge in [-0.3, -0.25) is 4.79 Å². The maximum Gasteiger partial charge on any atom is 0.326 e. The molecule has 1 N–H and O–H groups in total. The summed E-state index contributed by atoms with van der Waals surface area (Å²) in [6.45, 7) is 3.22. The summed E-state index contributed by atoms with van der Waals surface area (Å²) in [7, 11) is 1.45. The van der Waals surface area contributed by atoms with Crippen molar-refractivity contribution in [3.8, 4) is 0 Å². The Kier molecular flexibility index (Phi) is 5.23. The van der Waals surface area contributed by atoms with E-state index in [1.165, 1.54) is 20.0 Å². The summed E-state index contributed by atoms with van der Waals surface area (Å²) in [4.78, 5) is 17.4. The highest BCUT2D eigenvalue weighted by Gasteiger charge is 2.46. The van der Waals surface area contributed by atoms with E-state index in [4.69, 9.17) is 10.3 Å². The fraction of sp³-hybridized carbons (Fsp3) is 0.923. The van der Waals surface area contributed by atoms with Crippen LogP contribution in [0, 0.1) is 0 Å². The molecule has 0 spiro atoms. The van der Waals surface area contributed by atoms with E-state index in [2.05, 4.69) is 20.2 Å². The third-order valence-electron chi connectivity index (χ3n) is 4.45. The third kappa shape index (κ3) is 3.23. The van der Waals surface area contributed by atoms with Crippen molar-refractivity contribution in [3.05, 3.63) is 10.4 Å². The van der Waals surface area contributed by atoms with E-state index >= 15 is 0 Å². The normalized spacial score (nSPS) is 29.6. The number of carbonyl (C=O) groups is 1. The Hall–Kier alpha value is -1.30. The largest absolute Gasteiger partial charge is 0.468 e. The lowest BCUT2D eigenvalue weighted by Gasteiger charge is -2.42. The second kappa shape index (κ2) is 6.92. The minimum atomic E-state index is -0.559. The Bertz CT molecular complexity index is 396. The van der Waals surface area contributed by atoms with Gasteiger partial charge in [-0.15, -0.1) is 0 Å². The number of rotatable bonds is 6. The van der Waals surface area contributed by atoms with E-state index < -0.39 is 5.54 Å². The lowest BCUT2D eigenvalue weighted by molar-refractivity contribution is -0.151. The van der Waals surface area contributed by atoms with Crippen molar-refractivity contribution in [1.82, 2.24) is 10.2 Å². The highest BCUT2D eigenvalue weighted by molar-refractivity contribution is 5.81. The number of nitrogens with zero attached hydrogens (tertiary/aromatic N) is 4. The number of piperidine rings is 1. The average Bonchev–Trinajstić information content (AvgIpc) is 2.93. The number of esters is 1. The predicted molar refractivity (Wildman–Crippen MR) is 75.2 cm³/mol. The minimum absolute atomic E-state index is 0.159. The zero-order chi connectivity index (χ0) is 14.4. The number of hydrogen-bond donors (Lipinski definition) is 1. The molecule has 0 aromatic rings. The van der Waals surface area contributed by atoms with Crippen LogP contribution in [-0.4, -0.2) is 55.7 Å². The molecule has 2 fully saturated rings. The molecule has 0 aliphatic carbocycles. The van der Waals surface area contributed by atoms with Crippen LogP contribution in [0.1, 0.15) is 32.1 Å². The highest BCUT2D eigenvalue weighted by Crippen LogP contribution is 2.33. The van der Waals surface area contributed by atoms with E-state index in [1.54, 1.807) is 0 Å². The maximum absolute atomic E-state index is 12.2. The van der Waals surface area contributed by atoms with E-state index in [9.17, 15) is 4.79 Å². The lowest BCUT2D eigenvalue weighted by Crippen LogP contribution is -2.60. The van der Waals surface area contributed by atoms with E-state index in [0.29, 0.717) is 19.1 Å². The van der Waals surface area contributed by atoms with Crippen molar-refractivity contribution in [1.29, 1.82) is 0 Å².